The van der Waals surface area contributed by atoms with E-state index in [1.807, 2.05) is 13.0 Å². The van der Waals surface area contributed by atoms with Crippen LogP contribution in [0.2, 0.25) is 0 Å². The molecular weight excluding hydrogens is 246 g/mol. The van der Waals surface area contributed by atoms with Crippen LogP contribution in [0.3, 0.4) is 0 Å². The standard InChI is InChI=1S/C12H15N5O2/c1-7-9(5-12(19)16-13)10-4-8(17(14)6-18)2-3-11(10)15-7/h2-4,6,15H,5,13-14H2,1H3,(H,16,19). The number of aryl methyl sites for hydroxylation is 1. The monoisotopic (exact) mass is 261 g/mol. The summed E-state index contributed by atoms with van der Waals surface area (Å²) in [4.78, 5) is 25.2. The molecule has 0 aliphatic rings. The highest BCUT2D eigenvalue weighted by atomic mass is 16.2. The van der Waals surface area contributed by atoms with E-state index in [-0.39, 0.29) is 12.3 Å². The number of nitrogens with zero attached hydrogens (tertiary/aromatic N) is 1. The van der Waals surface area contributed by atoms with Gasteiger partial charge in [-0.15, -0.1) is 0 Å². The van der Waals surface area contributed by atoms with E-state index >= 15 is 0 Å². The summed E-state index contributed by atoms with van der Waals surface area (Å²) >= 11 is 0. The molecule has 0 spiro atoms. The molecule has 6 N–H and O–H groups in total. The maximum Gasteiger partial charge on any atom is 0.238 e. The van der Waals surface area contributed by atoms with Crippen molar-refractivity contribution in [1.82, 2.24) is 10.4 Å². The number of carbonyl (C=O) groups excluding carboxylic acids is 2. The summed E-state index contributed by atoms with van der Waals surface area (Å²) < 4.78 is 0. The summed E-state index contributed by atoms with van der Waals surface area (Å²) in [5.41, 5.74) is 5.24. The van der Waals surface area contributed by atoms with Gasteiger partial charge in [0.05, 0.1) is 12.1 Å². The summed E-state index contributed by atoms with van der Waals surface area (Å²) in [7, 11) is 0. The normalized spacial score (nSPS) is 10.5. The molecule has 2 amide bonds. The molecule has 2 aromatic rings. The average Bonchev–Trinajstić information content (AvgIpc) is 2.73. The number of aromatic amines is 1. The largest absolute Gasteiger partial charge is 0.358 e. The molecule has 0 atom stereocenters. The van der Waals surface area contributed by atoms with Crippen molar-refractivity contribution in [2.24, 2.45) is 11.7 Å². The Morgan fingerprint density at radius 1 is 1.53 bits per heavy atom. The van der Waals surface area contributed by atoms with Crippen LogP contribution in [0.4, 0.5) is 5.69 Å². The highest BCUT2D eigenvalue weighted by Gasteiger charge is 2.13. The van der Waals surface area contributed by atoms with Gasteiger partial charge in [-0.25, -0.2) is 11.7 Å². The van der Waals surface area contributed by atoms with Gasteiger partial charge in [0.25, 0.3) is 0 Å². The van der Waals surface area contributed by atoms with Gasteiger partial charge in [0.2, 0.25) is 12.3 Å². The molecule has 0 radical (unpaired) electrons. The number of nitrogens with two attached hydrogens (primary N) is 2. The van der Waals surface area contributed by atoms with E-state index < -0.39 is 0 Å². The fraction of sp³-hybridized carbons (Fsp3) is 0.167. The van der Waals surface area contributed by atoms with Crippen LogP contribution >= 0.6 is 0 Å². The maximum absolute atomic E-state index is 11.4. The van der Waals surface area contributed by atoms with E-state index in [9.17, 15) is 9.59 Å². The quantitative estimate of drug-likeness (QED) is 0.265. The molecule has 19 heavy (non-hydrogen) atoms. The molecule has 7 heteroatoms. The molecule has 7 nitrogen and oxygen atoms in total. The number of amides is 2. The number of nitrogens with one attached hydrogen (secondary N) is 2. The topological polar surface area (TPSA) is 117 Å². The Morgan fingerprint density at radius 3 is 2.89 bits per heavy atom. The van der Waals surface area contributed by atoms with E-state index in [1.54, 1.807) is 12.1 Å². The Balaban J connectivity index is 2.52. The Hall–Kier alpha value is -2.38. The summed E-state index contributed by atoms with van der Waals surface area (Å²) in [5, 5.41) is 1.82. The predicted molar refractivity (Wildman–Crippen MR) is 71.8 cm³/mol. The van der Waals surface area contributed by atoms with Crippen molar-refractivity contribution in [3.63, 3.8) is 0 Å². The molecule has 0 unspecified atom stereocenters. The van der Waals surface area contributed by atoms with Gasteiger partial charge in [-0.05, 0) is 30.7 Å². The van der Waals surface area contributed by atoms with Crippen LogP contribution < -0.4 is 22.1 Å². The number of H-pyrrole nitrogens is 1. The number of benzene rings is 1. The van der Waals surface area contributed by atoms with Crippen molar-refractivity contribution in [2.45, 2.75) is 13.3 Å². The van der Waals surface area contributed by atoms with Gasteiger partial charge in [0.15, 0.2) is 0 Å². The number of fused-ring (bicyclic) bond motifs is 1. The fourth-order valence-electron chi connectivity index (χ4n) is 2.03. The number of hydrogen-bond acceptors (Lipinski definition) is 4. The van der Waals surface area contributed by atoms with Crippen molar-refractivity contribution < 1.29 is 9.59 Å². The van der Waals surface area contributed by atoms with Crippen LogP contribution in [0.15, 0.2) is 18.2 Å². The molecule has 0 bridgehead atoms. The molecule has 2 rings (SSSR count). The molecule has 1 aromatic heterocycles. The molecule has 100 valence electrons. The van der Waals surface area contributed by atoms with E-state index in [0.29, 0.717) is 12.1 Å². The van der Waals surface area contributed by atoms with Crippen molar-refractivity contribution in [3.05, 3.63) is 29.5 Å². The Bertz CT molecular complexity index is 634. The Morgan fingerprint density at radius 2 is 2.26 bits per heavy atom. The third-order valence-corrected chi connectivity index (χ3v) is 3.01. The van der Waals surface area contributed by atoms with Crippen LogP contribution in [0.1, 0.15) is 11.3 Å². The minimum atomic E-state index is -0.283. The third kappa shape index (κ3) is 2.42. The minimum absolute atomic E-state index is 0.164. The highest BCUT2D eigenvalue weighted by molar-refractivity contribution is 5.93. The van der Waals surface area contributed by atoms with Gasteiger partial charge < -0.3 is 4.98 Å². The van der Waals surface area contributed by atoms with E-state index in [2.05, 4.69) is 10.4 Å². The lowest BCUT2D eigenvalue weighted by molar-refractivity contribution is -0.120. The first kappa shape index (κ1) is 13.1. The van der Waals surface area contributed by atoms with E-state index in [4.69, 9.17) is 11.7 Å². The second-order valence-electron chi connectivity index (χ2n) is 4.22. The lowest BCUT2D eigenvalue weighted by atomic mass is 10.1. The maximum atomic E-state index is 11.4. The minimum Gasteiger partial charge on any atom is -0.358 e. The van der Waals surface area contributed by atoms with Gasteiger partial charge in [-0.2, -0.15) is 0 Å². The van der Waals surface area contributed by atoms with E-state index in [0.717, 1.165) is 27.2 Å². The molecule has 0 saturated carbocycles. The van der Waals surface area contributed by atoms with Crippen LogP contribution in [-0.4, -0.2) is 17.3 Å². The first-order chi connectivity index (χ1) is 9.06. The van der Waals surface area contributed by atoms with E-state index in [1.165, 1.54) is 0 Å². The van der Waals surface area contributed by atoms with Gasteiger partial charge in [-0.3, -0.25) is 20.0 Å². The summed E-state index contributed by atoms with van der Waals surface area (Å²) in [6.07, 6.45) is 0.685. The third-order valence-electron chi connectivity index (χ3n) is 3.01. The lowest BCUT2D eigenvalue weighted by Crippen LogP contribution is -2.31. The predicted octanol–water partition coefficient (Wildman–Crippen LogP) is -0.155. The highest BCUT2D eigenvalue weighted by Crippen LogP contribution is 2.26. The SMILES string of the molecule is Cc1[nH]c2ccc(N(N)C=O)cc2c1CC(=O)NN. The van der Waals surface area contributed by atoms with Crippen molar-refractivity contribution in [1.29, 1.82) is 0 Å². The molecule has 1 aromatic carbocycles. The zero-order valence-electron chi connectivity index (χ0n) is 10.4. The van der Waals surface area contributed by atoms with Crippen molar-refractivity contribution in [2.75, 3.05) is 5.01 Å². The summed E-state index contributed by atoms with van der Waals surface area (Å²) in [5.74, 6) is 10.3. The second-order valence-corrected chi connectivity index (χ2v) is 4.22. The summed E-state index contributed by atoms with van der Waals surface area (Å²) in [6, 6.07) is 5.29. The Kier molecular flexibility index (Phi) is 3.50. The lowest BCUT2D eigenvalue weighted by Gasteiger charge is -2.10. The zero-order chi connectivity index (χ0) is 14.0. The number of hydrazine groups is 2. The molecule has 1 heterocycles. The molecule has 0 fully saturated rings. The molecular formula is C12H15N5O2. The second kappa shape index (κ2) is 5.09. The van der Waals surface area contributed by atoms with Gasteiger partial charge in [-0.1, -0.05) is 0 Å². The number of carbonyl (C=O) groups is 2. The average molecular weight is 261 g/mol. The van der Waals surface area contributed by atoms with Gasteiger partial charge >= 0.3 is 0 Å². The first-order valence-electron chi connectivity index (χ1n) is 5.66. The van der Waals surface area contributed by atoms with Crippen LogP contribution in [0, 0.1) is 6.92 Å². The molecule has 0 aliphatic heterocycles. The van der Waals surface area contributed by atoms with Gasteiger partial charge in [0, 0.05) is 16.6 Å². The Labute approximate surface area is 109 Å². The fourth-order valence-corrected chi connectivity index (χ4v) is 2.03. The summed E-state index contributed by atoms with van der Waals surface area (Å²) in [6.45, 7) is 1.87. The number of aromatic nitrogens is 1. The first-order valence-corrected chi connectivity index (χ1v) is 5.66. The molecule has 0 saturated heterocycles. The van der Waals surface area contributed by atoms with Crippen molar-refractivity contribution >= 4 is 28.9 Å². The number of rotatable bonds is 4. The zero-order valence-corrected chi connectivity index (χ0v) is 10.4. The van der Waals surface area contributed by atoms with Crippen LogP contribution in [0.5, 0.6) is 0 Å². The smallest absolute Gasteiger partial charge is 0.238 e. The van der Waals surface area contributed by atoms with Crippen LogP contribution in [-0.2, 0) is 16.0 Å². The van der Waals surface area contributed by atoms with Crippen molar-refractivity contribution in [3.8, 4) is 0 Å². The molecule has 0 aliphatic carbocycles. The van der Waals surface area contributed by atoms with Gasteiger partial charge in [0.1, 0.15) is 0 Å². The number of anilines is 1. The number of hydrogen-bond donors (Lipinski definition) is 4. The van der Waals surface area contributed by atoms with Crippen LogP contribution in [0.25, 0.3) is 10.9 Å².